The number of carbonyl (C=O) groups is 2. The first-order valence-corrected chi connectivity index (χ1v) is 6.68. The Morgan fingerprint density at radius 1 is 1.30 bits per heavy atom. The quantitative estimate of drug-likeness (QED) is 0.933. The van der Waals surface area contributed by atoms with E-state index < -0.39 is 5.97 Å². The molecule has 1 fully saturated rings. The van der Waals surface area contributed by atoms with Crippen LogP contribution in [0.1, 0.15) is 35.4 Å². The minimum atomic E-state index is -1.10. The van der Waals surface area contributed by atoms with Crippen LogP contribution in [-0.2, 0) is 11.3 Å². The van der Waals surface area contributed by atoms with Crippen molar-refractivity contribution in [2.45, 2.75) is 25.8 Å². The van der Waals surface area contributed by atoms with Crippen LogP contribution in [-0.4, -0.2) is 28.4 Å². The van der Waals surface area contributed by atoms with E-state index in [1.165, 1.54) is 0 Å². The van der Waals surface area contributed by atoms with Crippen LogP contribution >= 0.6 is 0 Å². The monoisotopic (exact) mass is 273 g/mol. The highest BCUT2D eigenvalue weighted by atomic mass is 16.4. The van der Waals surface area contributed by atoms with Crippen molar-refractivity contribution >= 4 is 22.8 Å². The molecule has 104 valence electrons. The zero-order valence-electron chi connectivity index (χ0n) is 11.0. The van der Waals surface area contributed by atoms with Crippen LogP contribution in [0, 0.1) is 0 Å². The first-order chi connectivity index (χ1) is 9.66. The standard InChI is InChI=1S/C15H15NO4/c17-13-7-3-4-8-16(13)9-11-10-5-1-2-6-12(10)20-14(11)15(18)19/h1-2,5-6H,3-4,7-9H2,(H,18,19). The lowest BCUT2D eigenvalue weighted by atomic mass is 10.1. The number of benzene rings is 1. The Morgan fingerprint density at radius 2 is 2.10 bits per heavy atom. The van der Waals surface area contributed by atoms with Gasteiger partial charge < -0.3 is 14.4 Å². The summed E-state index contributed by atoms with van der Waals surface area (Å²) in [6, 6.07) is 7.20. The number of para-hydroxylation sites is 1. The van der Waals surface area contributed by atoms with Crippen molar-refractivity contribution in [3.05, 3.63) is 35.6 Å². The number of fused-ring (bicyclic) bond motifs is 1. The number of carboxylic acids is 1. The molecule has 1 aliphatic rings. The van der Waals surface area contributed by atoms with Crippen molar-refractivity contribution < 1.29 is 19.1 Å². The summed E-state index contributed by atoms with van der Waals surface area (Å²) in [4.78, 5) is 24.9. The van der Waals surface area contributed by atoms with Crippen molar-refractivity contribution in [2.75, 3.05) is 6.54 Å². The number of furan rings is 1. The van der Waals surface area contributed by atoms with Crippen molar-refractivity contribution in [1.82, 2.24) is 4.90 Å². The first kappa shape index (κ1) is 12.7. The number of piperidine rings is 1. The van der Waals surface area contributed by atoms with Gasteiger partial charge in [-0.15, -0.1) is 0 Å². The van der Waals surface area contributed by atoms with Crippen LogP contribution in [0.15, 0.2) is 28.7 Å². The molecule has 1 aromatic heterocycles. The highest BCUT2D eigenvalue weighted by Crippen LogP contribution is 2.28. The van der Waals surface area contributed by atoms with Gasteiger partial charge in [0.05, 0.1) is 6.54 Å². The molecule has 0 saturated carbocycles. The second kappa shape index (κ2) is 5.00. The van der Waals surface area contributed by atoms with Gasteiger partial charge in [-0.1, -0.05) is 18.2 Å². The summed E-state index contributed by atoms with van der Waals surface area (Å²) in [5, 5.41) is 10.0. The molecule has 1 aromatic carbocycles. The fourth-order valence-corrected chi connectivity index (χ4v) is 2.65. The maximum atomic E-state index is 11.9. The Bertz CT molecular complexity index is 674. The number of hydrogen-bond acceptors (Lipinski definition) is 3. The average molecular weight is 273 g/mol. The van der Waals surface area contributed by atoms with Crippen LogP contribution < -0.4 is 0 Å². The summed E-state index contributed by atoms with van der Waals surface area (Å²) in [6.07, 6.45) is 2.41. The lowest BCUT2D eigenvalue weighted by Crippen LogP contribution is -2.34. The van der Waals surface area contributed by atoms with Crippen molar-refractivity contribution in [2.24, 2.45) is 0 Å². The molecule has 2 aromatic rings. The molecule has 1 N–H and O–H groups in total. The summed E-state index contributed by atoms with van der Waals surface area (Å²) in [5.41, 5.74) is 1.13. The van der Waals surface area contributed by atoms with E-state index in [1.54, 1.807) is 17.0 Å². The minimum absolute atomic E-state index is 0.0652. The largest absolute Gasteiger partial charge is 0.475 e. The number of likely N-dealkylation sites (tertiary alicyclic amines) is 1. The van der Waals surface area contributed by atoms with E-state index in [0.29, 0.717) is 30.7 Å². The molecule has 20 heavy (non-hydrogen) atoms. The van der Waals surface area contributed by atoms with Gasteiger partial charge in [-0.2, -0.15) is 0 Å². The molecule has 0 radical (unpaired) electrons. The number of carbonyl (C=O) groups excluding carboxylic acids is 1. The molecule has 5 heteroatoms. The van der Waals surface area contributed by atoms with Crippen LogP contribution in [0.25, 0.3) is 11.0 Å². The summed E-state index contributed by atoms with van der Waals surface area (Å²) in [5.74, 6) is -1.08. The molecule has 0 bridgehead atoms. The Labute approximate surface area is 115 Å². The molecule has 0 unspecified atom stereocenters. The van der Waals surface area contributed by atoms with Crippen LogP contribution in [0.2, 0.25) is 0 Å². The van der Waals surface area contributed by atoms with Gasteiger partial charge in [0.25, 0.3) is 0 Å². The van der Waals surface area contributed by atoms with E-state index >= 15 is 0 Å². The van der Waals surface area contributed by atoms with Crippen LogP contribution in [0.5, 0.6) is 0 Å². The van der Waals surface area contributed by atoms with Gasteiger partial charge in [0.2, 0.25) is 11.7 Å². The second-order valence-electron chi connectivity index (χ2n) is 4.98. The van der Waals surface area contributed by atoms with Crippen LogP contribution in [0.3, 0.4) is 0 Å². The third-order valence-corrected chi connectivity index (χ3v) is 3.66. The third kappa shape index (κ3) is 2.15. The van der Waals surface area contributed by atoms with Gasteiger partial charge >= 0.3 is 5.97 Å². The smallest absolute Gasteiger partial charge is 0.372 e. The lowest BCUT2D eigenvalue weighted by molar-refractivity contribution is -0.133. The van der Waals surface area contributed by atoms with Crippen molar-refractivity contribution in [3.8, 4) is 0 Å². The fourth-order valence-electron chi connectivity index (χ4n) is 2.65. The SMILES string of the molecule is O=C(O)c1oc2ccccc2c1CN1CCCCC1=O. The van der Waals surface area contributed by atoms with E-state index in [-0.39, 0.29) is 11.7 Å². The van der Waals surface area contributed by atoms with Gasteiger partial charge in [-0.3, -0.25) is 4.79 Å². The number of carboxylic acid groups (broad SMARTS) is 1. The molecular formula is C15H15NO4. The number of aromatic carboxylic acids is 1. The third-order valence-electron chi connectivity index (χ3n) is 3.66. The lowest BCUT2D eigenvalue weighted by Gasteiger charge is -2.26. The molecule has 2 heterocycles. The highest BCUT2D eigenvalue weighted by molar-refractivity contribution is 5.95. The Balaban J connectivity index is 2.02. The predicted molar refractivity (Wildman–Crippen MR) is 72.4 cm³/mol. The van der Waals surface area contributed by atoms with Crippen molar-refractivity contribution in [3.63, 3.8) is 0 Å². The molecule has 5 nitrogen and oxygen atoms in total. The van der Waals surface area contributed by atoms with E-state index in [9.17, 15) is 14.7 Å². The highest BCUT2D eigenvalue weighted by Gasteiger charge is 2.25. The summed E-state index contributed by atoms with van der Waals surface area (Å²) in [6.45, 7) is 0.981. The van der Waals surface area contributed by atoms with Gasteiger partial charge in [-0.25, -0.2) is 4.79 Å². The molecule has 1 amide bonds. The van der Waals surface area contributed by atoms with Gasteiger partial charge in [-0.05, 0) is 18.9 Å². The van der Waals surface area contributed by atoms with E-state index in [0.717, 1.165) is 18.2 Å². The maximum Gasteiger partial charge on any atom is 0.372 e. The Hall–Kier alpha value is -2.30. The zero-order valence-corrected chi connectivity index (χ0v) is 11.0. The molecule has 3 rings (SSSR count). The Morgan fingerprint density at radius 3 is 2.85 bits per heavy atom. The van der Waals surface area contributed by atoms with Crippen molar-refractivity contribution in [1.29, 1.82) is 0 Å². The van der Waals surface area contributed by atoms with E-state index in [4.69, 9.17) is 4.42 Å². The molecule has 0 spiro atoms. The zero-order chi connectivity index (χ0) is 14.1. The van der Waals surface area contributed by atoms with E-state index in [2.05, 4.69) is 0 Å². The van der Waals surface area contributed by atoms with Gasteiger partial charge in [0.1, 0.15) is 5.58 Å². The average Bonchev–Trinajstić information content (AvgIpc) is 2.81. The predicted octanol–water partition coefficient (Wildman–Crippen LogP) is 2.64. The summed E-state index contributed by atoms with van der Waals surface area (Å²) in [7, 11) is 0. The first-order valence-electron chi connectivity index (χ1n) is 6.68. The summed E-state index contributed by atoms with van der Waals surface area (Å²) < 4.78 is 5.40. The van der Waals surface area contributed by atoms with Crippen LogP contribution in [0.4, 0.5) is 0 Å². The molecule has 1 aliphatic heterocycles. The molecule has 1 saturated heterocycles. The van der Waals surface area contributed by atoms with E-state index in [1.807, 2.05) is 12.1 Å². The molecule has 0 atom stereocenters. The number of rotatable bonds is 3. The number of hydrogen-bond donors (Lipinski definition) is 1. The normalized spacial score (nSPS) is 15.8. The number of amides is 1. The maximum absolute atomic E-state index is 11.9. The molecule has 0 aliphatic carbocycles. The van der Waals surface area contributed by atoms with Gasteiger partial charge in [0, 0.05) is 23.9 Å². The summed E-state index contributed by atoms with van der Waals surface area (Å²) >= 11 is 0. The van der Waals surface area contributed by atoms with Gasteiger partial charge in [0.15, 0.2) is 0 Å². The minimum Gasteiger partial charge on any atom is -0.475 e. The Kier molecular flexibility index (Phi) is 3.18. The fraction of sp³-hybridized carbons (Fsp3) is 0.333. The molecular weight excluding hydrogens is 258 g/mol. The topological polar surface area (TPSA) is 70.8 Å². The number of nitrogens with zero attached hydrogens (tertiary/aromatic N) is 1. The second-order valence-corrected chi connectivity index (χ2v) is 4.98.